The summed E-state index contributed by atoms with van der Waals surface area (Å²) in [6.07, 6.45) is 8.57. The Labute approximate surface area is 147 Å². The Kier molecular flexibility index (Phi) is 3.93. The third-order valence-electron chi connectivity index (χ3n) is 8.94. The molecule has 4 rings (SSSR count). The van der Waals surface area contributed by atoms with Crippen LogP contribution in [0.15, 0.2) is 0 Å². The second-order valence-electron chi connectivity index (χ2n) is 10.1. The SMILES string of the molecule is CN(C)C1C[C@]2(C)C(=O)CC[C@H]2[C@@H]2CCC3CC(O)CC[C@]3(C)[C@H]12. The van der Waals surface area contributed by atoms with Crippen molar-refractivity contribution >= 4 is 5.78 Å². The van der Waals surface area contributed by atoms with Gasteiger partial charge in [-0.25, -0.2) is 0 Å². The number of hydrogen-bond donors (Lipinski definition) is 1. The number of carbonyl (C=O) groups excluding carboxylic acids is 1. The van der Waals surface area contributed by atoms with E-state index >= 15 is 0 Å². The van der Waals surface area contributed by atoms with Crippen molar-refractivity contribution in [2.45, 2.75) is 77.4 Å². The van der Waals surface area contributed by atoms with Crippen LogP contribution < -0.4 is 0 Å². The molecule has 0 aromatic heterocycles. The number of aliphatic hydroxyl groups is 1. The third-order valence-corrected chi connectivity index (χ3v) is 8.94. The van der Waals surface area contributed by atoms with Gasteiger partial charge in [-0.2, -0.15) is 0 Å². The van der Waals surface area contributed by atoms with Crippen molar-refractivity contribution in [3.8, 4) is 0 Å². The highest BCUT2D eigenvalue weighted by atomic mass is 16.3. The fraction of sp³-hybridized carbons (Fsp3) is 0.952. The van der Waals surface area contributed by atoms with Gasteiger partial charge in [-0.05, 0) is 88.1 Å². The van der Waals surface area contributed by atoms with Crippen LogP contribution in [-0.2, 0) is 4.79 Å². The topological polar surface area (TPSA) is 40.5 Å². The van der Waals surface area contributed by atoms with Crippen molar-refractivity contribution in [3.05, 3.63) is 0 Å². The van der Waals surface area contributed by atoms with Gasteiger partial charge < -0.3 is 10.0 Å². The maximum atomic E-state index is 12.7. The molecule has 4 aliphatic rings. The summed E-state index contributed by atoms with van der Waals surface area (Å²) in [7, 11) is 4.44. The summed E-state index contributed by atoms with van der Waals surface area (Å²) >= 11 is 0. The van der Waals surface area contributed by atoms with Crippen LogP contribution >= 0.6 is 0 Å². The van der Waals surface area contributed by atoms with Gasteiger partial charge in [0.2, 0.25) is 0 Å². The zero-order valence-corrected chi connectivity index (χ0v) is 15.9. The molecule has 0 heterocycles. The molecule has 0 radical (unpaired) electrons. The largest absolute Gasteiger partial charge is 0.393 e. The molecule has 3 nitrogen and oxygen atoms in total. The first kappa shape index (κ1) is 17.0. The summed E-state index contributed by atoms with van der Waals surface area (Å²) in [4.78, 5) is 15.1. The lowest BCUT2D eigenvalue weighted by atomic mass is 9.43. The molecule has 3 unspecified atom stereocenters. The molecular weight excluding hydrogens is 298 g/mol. The summed E-state index contributed by atoms with van der Waals surface area (Å²) in [6.45, 7) is 4.80. The first-order chi connectivity index (χ1) is 11.3. The summed E-state index contributed by atoms with van der Waals surface area (Å²) in [5, 5.41) is 10.2. The molecule has 0 saturated heterocycles. The van der Waals surface area contributed by atoms with E-state index < -0.39 is 0 Å². The van der Waals surface area contributed by atoms with Crippen LogP contribution in [-0.4, -0.2) is 42.0 Å². The number of rotatable bonds is 1. The van der Waals surface area contributed by atoms with Gasteiger partial charge in [0.15, 0.2) is 0 Å². The molecule has 8 atom stereocenters. The Morgan fingerprint density at radius 3 is 2.58 bits per heavy atom. The van der Waals surface area contributed by atoms with Crippen LogP contribution in [0.2, 0.25) is 0 Å². The zero-order valence-electron chi connectivity index (χ0n) is 15.9. The Morgan fingerprint density at radius 1 is 1.12 bits per heavy atom. The quantitative estimate of drug-likeness (QED) is 0.798. The van der Waals surface area contributed by atoms with Gasteiger partial charge in [-0.15, -0.1) is 0 Å². The number of hydrogen-bond acceptors (Lipinski definition) is 3. The first-order valence-corrected chi connectivity index (χ1v) is 10.1. The van der Waals surface area contributed by atoms with Crippen molar-refractivity contribution in [3.63, 3.8) is 0 Å². The van der Waals surface area contributed by atoms with E-state index in [-0.39, 0.29) is 11.5 Å². The highest BCUT2D eigenvalue weighted by Gasteiger charge is 2.63. The van der Waals surface area contributed by atoms with Crippen LogP contribution in [0.1, 0.15) is 65.2 Å². The predicted molar refractivity (Wildman–Crippen MR) is 95.6 cm³/mol. The van der Waals surface area contributed by atoms with E-state index in [1.807, 2.05) is 0 Å². The molecule has 0 aliphatic heterocycles. The molecule has 0 aromatic carbocycles. The van der Waals surface area contributed by atoms with E-state index in [0.29, 0.717) is 40.9 Å². The lowest BCUT2D eigenvalue weighted by Gasteiger charge is -2.63. The molecular formula is C21H35NO2. The van der Waals surface area contributed by atoms with Gasteiger partial charge in [0.25, 0.3) is 0 Å². The Bertz CT molecular complexity index is 532. The van der Waals surface area contributed by atoms with Gasteiger partial charge in [0, 0.05) is 17.9 Å². The minimum absolute atomic E-state index is 0.0759. The van der Waals surface area contributed by atoms with Gasteiger partial charge in [0.1, 0.15) is 5.78 Å². The van der Waals surface area contributed by atoms with E-state index in [2.05, 4.69) is 32.8 Å². The predicted octanol–water partition coefficient (Wildman–Crippen LogP) is 3.50. The molecule has 4 saturated carbocycles. The fourth-order valence-electron chi connectivity index (χ4n) is 7.64. The van der Waals surface area contributed by atoms with E-state index in [0.717, 1.165) is 32.1 Å². The van der Waals surface area contributed by atoms with Crippen LogP contribution in [0, 0.1) is 34.5 Å². The van der Waals surface area contributed by atoms with Gasteiger partial charge in [-0.3, -0.25) is 4.79 Å². The monoisotopic (exact) mass is 333 g/mol. The zero-order chi connectivity index (χ0) is 17.3. The summed E-state index contributed by atoms with van der Waals surface area (Å²) in [5.41, 5.74) is 0.275. The molecule has 4 aliphatic carbocycles. The van der Waals surface area contributed by atoms with Gasteiger partial charge in [-0.1, -0.05) is 13.8 Å². The number of carbonyl (C=O) groups is 1. The van der Waals surface area contributed by atoms with Gasteiger partial charge >= 0.3 is 0 Å². The van der Waals surface area contributed by atoms with Crippen LogP contribution in [0.4, 0.5) is 0 Å². The van der Waals surface area contributed by atoms with Crippen molar-refractivity contribution in [2.75, 3.05) is 14.1 Å². The highest BCUT2D eigenvalue weighted by Crippen LogP contribution is 2.65. The van der Waals surface area contributed by atoms with Gasteiger partial charge in [0.05, 0.1) is 6.10 Å². The van der Waals surface area contributed by atoms with E-state index in [4.69, 9.17) is 0 Å². The second kappa shape index (κ2) is 5.54. The maximum absolute atomic E-state index is 12.7. The number of nitrogens with zero attached hydrogens (tertiary/aromatic N) is 1. The summed E-state index contributed by atoms with van der Waals surface area (Å²) in [6, 6.07) is 0.515. The fourth-order valence-corrected chi connectivity index (χ4v) is 7.64. The Balaban J connectivity index is 1.74. The molecule has 0 amide bonds. The van der Waals surface area contributed by atoms with Crippen molar-refractivity contribution in [1.82, 2.24) is 4.90 Å². The van der Waals surface area contributed by atoms with E-state index in [9.17, 15) is 9.90 Å². The molecule has 1 N–H and O–H groups in total. The minimum atomic E-state index is -0.0839. The highest BCUT2D eigenvalue weighted by molar-refractivity contribution is 5.87. The average molecular weight is 334 g/mol. The second-order valence-corrected chi connectivity index (χ2v) is 10.1. The van der Waals surface area contributed by atoms with Crippen molar-refractivity contribution in [2.24, 2.45) is 34.5 Å². The van der Waals surface area contributed by atoms with Crippen LogP contribution in [0.5, 0.6) is 0 Å². The lowest BCUT2D eigenvalue weighted by Crippen LogP contribution is -2.62. The number of fused-ring (bicyclic) bond motifs is 5. The van der Waals surface area contributed by atoms with E-state index in [1.54, 1.807) is 0 Å². The smallest absolute Gasteiger partial charge is 0.139 e. The first-order valence-electron chi connectivity index (χ1n) is 10.1. The van der Waals surface area contributed by atoms with Crippen LogP contribution in [0.3, 0.4) is 0 Å². The number of Topliss-reactive ketones (excluding diaryl/α,β-unsaturated/α-hetero) is 1. The molecule has 0 aromatic rings. The molecule has 4 fully saturated rings. The summed E-state index contributed by atoms with van der Waals surface area (Å²) < 4.78 is 0. The molecule has 0 bridgehead atoms. The van der Waals surface area contributed by atoms with Crippen molar-refractivity contribution < 1.29 is 9.90 Å². The Morgan fingerprint density at radius 2 is 1.88 bits per heavy atom. The average Bonchev–Trinajstić information content (AvgIpc) is 2.82. The summed E-state index contributed by atoms with van der Waals surface area (Å²) in [5.74, 6) is 3.22. The van der Waals surface area contributed by atoms with E-state index in [1.165, 1.54) is 19.3 Å². The standard InChI is InChI=1S/C21H35NO2/c1-20-10-9-14(23)11-13(20)5-6-15-16-7-8-18(24)21(16,2)12-17(19(15)20)22(3)4/h13-17,19,23H,5-12H2,1-4H3/t13?,14?,15-,16-,17?,19-,20-,21-/m0/s1. The normalized spacial score (nSPS) is 54.3. The third kappa shape index (κ3) is 2.19. The maximum Gasteiger partial charge on any atom is 0.139 e. The molecule has 136 valence electrons. The lowest BCUT2D eigenvalue weighted by molar-refractivity contribution is -0.159. The van der Waals surface area contributed by atoms with Crippen LogP contribution in [0.25, 0.3) is 0 Å². The Hall–Kier alpha value is -0.410. The molecule has 3 heteroatoms. The van der Waals surface area contributed by atoms with Crippen molar-refractivity contribution in [1.29, 1.82) is 0 Å². The number of aliphatic hydroxyl groups excluding tert-OH is 1. The minimum Gasteiger partial charge on any atom is -0.393 e. The molecule has 0 spiro atoms. The molecule has 24 heavy (non-hydrogen) atoms. The number of ketones is 1.